The van der Waals surface area contributed by atoms with Crippen LogP contribution in [0.3, 0.4) is 0 Å². The number of halogens is 1. The van der Waals surface area contributed by atoms with Gasteiger partial charge in [0.05, 0.1) is 6.54 Å². The van der Waals surface area contributed by atoms with Crippen molar-refractivity contribution in [2.24, 2.45) is 5.73 Å². The zero-order valence-corrected chi connectivity index (χ0v) is 11.2. The first kappa shape index (κ1) is 13.8. The summed E-state index contributed by atoms with van der Waals surface area (Å²) in [6, 6.07) is 0.261. The van der Waals surface area contributed by atoms with Crippen molar-refractivity contribution < 1.29 is 4.79 Å². The highest BCUT2D eigenvalue weighted by molar-refractivity contribution is 6.32. The Morgan fingerprint density at radius 2 is 2.16 bits per heavy atom. The van der Waals surface area contributed by atoms with Gasteiger partial charge in [0.15, 0.2) is 11.0 Å². The van der Waals surface area contributed by atoms with Gasteiger partial charge in [-0.05, 0) is 12.8 Å². The lowest BCUT2D eigenvalue weighted by molar-refractivity contribution is -0.119. The van der Waals surface area contributed by atoms with Crippen molar-refractivity contribution in [2.45, 2.75) is 18.9 Å². The molecule has 0 radical (unpaired) electrons. The largest absolute Gasteiger partial charge is 0.393 e. The van der Waals surface area contributed by atoms with Crippen LogP contribution in [0, 0.1) is 0 Å². The Morgan fingerprint density at radius 3 is 2.79 bits per heavy atom. The highest BCUT2D eigenvalue weighted by Gasteiger charge is 2.21. The molecule has 0 aliphatic carbocycles. The third kappa shape index (κ3) is 3.68. The van der Waals surface area contributed by atoms with Crippen molar-refractivity contribution in [3.63, 3.8) is 0 Å². The zero-order chi connectivity index (χ0) is 13.8. The van der Waals surface area contributed by atoms with E-state index in [1.54, 1.807) is 0 Å². The fourth-order valence-electron chi connectivity index (χ4n) is 2.14. The predicted molar refractivity (Wildman–Crippen MR) is 73.7 cm³/mol. The molecular weight excluding hydrogens is 268 g/mol. The summed E-state index contributed by atoms with van der Waals surface area (Å²) in [6.45, 7) is 1.95. The van der Waals surface area contributed by atoms with Gasteiger partial charge in [-0.1, -0.05) is 11.6 Å². The number of nitrogen functional groups attached to an aromatic ring is 1. The second kappa shape index (κ2) is 6.03. The van der Waals surface area contributed by atoms with Gasteiger partial charge < -0.3 is 16.8 Å². The summed E-state index contributed by atoms with van der Waals surface area (Å²) in [6.07, 6.45) is 3.17. The number of carbonyl (C=O) groups is 1. The minimum Gasteiger partial charge on any atom is -0.393 e. The van der Waals surface area contributed by atoms with Gasteiger partial charge in [0.1, 0.15) is 12.0 Å². The highest BCUT2D eigenvalue weighted by atomic mass is 35.5. The maximum absolute atomic E-state index is 10.8. The quantitative estimate of drug-likeness (QED) is 0.675. The topological polar surface area (TPSA) is 110 Å². The van der Waals surface area contributed by atoms with E-state index in [-0.39, 0.29) is 17.1 Å². The number of carbonyl (C=O) groups excluding carboxylic acids is 1. The van der Waals surface area contributed by atoms with Gasteiger partial charge in [-0.25, -0.2) is 9.97 Å². The molecular formula is C11H17ClN6O. The van der Waals surface area contributed by atoms with Gasteiger partial charge in [-0.15, -0.1) is 0 Å². The van der Waals surface area contributed by atoms with E-state index in [0.717, 1.165) is 25.9 Å². The second-order valence-corrected chi connectivity index (χ2v) is 4.95. The van der Waals surface area contributed by atoms with Crippen LogP contribution in [0.15, 0.2) is 6.33 Å². The lowest BCUT2D eigenvalue weighted by Gasteiger charge is -2.31. The van der Waals surface area contributed by atoms with E-state index >= 15 is 0 Å². The summed E-state index contributed by atoms with van der Waals surface area (Å²) >= 11 is 5.84. The first-order chi connectivity index (χ1) is 9.06. The molecule has 104 valence electrons. The fourth-order valence-corrected chi connectivity index (χ4v) is 2.27. The number of hydrogen-bond acceptors (Lipinski definition) is 6. The number of piperidine rings is 1. The average molecular weight is 285 g/mol. The first-order valence-corrected chi connectivity index (χ1v) is 6.47. The normalized spacial score (nSPS) is 17.3. The molecule has 1 aromatic rings. The summed E-state index contributed by atoms with van der Waals surface area (Å²) < 4.78 is 0. The molecule has 19 heavy (non-hydrogen) atoms. The Hall–Kier alpha value is -1.60. The summed E-state index contributed by atoms with van der Waals surface area (Å²) in [7, 11) is 0. The van der Waals surface area contributed by atoms with Gasteiger partial charge >= 0.3 is 0 Å². The summed E-state index contributed by atoms with van der Waals surface area (Å²) in [5.74, 6) is 0.270. The molecule has 5 N–H and O–H groups in total. The number of nitrogens with one attached hydrogen (secondary N) is 1. The molecule has 1 amide bonds. The highest BCUT2D eigenvalue weighted by Crippen LogP contribution is 2.24. The summed E-state index contributed by atoms with van der Waals surface area (Å²) in [4.78, 5) is 20.8. The fraction of sp³-hybridized carbons (Fsp3) is 0.545. The van der Waals surface area contributed by atoms with Crippen LogP contribution in [0.5, 0.6) is 0 Å². The zero-order valence-electron chi connectivity index (χ0n) is 10.5. The van der Waals surface area contributed by atoms with E-state index in [2.05, 4.69) is 15.3 Å². The van der Waals surface area contributed by atoms with Gasteiger partial charge in [0, 0.05) is 19.1 Å². The van der Waals surface area contributed by atoms with Crippen LogP contribution in [0.1, 0.15) is 12.8 Å². The van der Waals surface area contributed by atoms with E-state index in [4.69, 9.17) is 23.1 Å². The van der Waals surface area contributed by atoms with Gasteiger partial charge in [-0.3, -0.25) is 9.69 Å². The predicted octanol–water partition coefficient (Wildman–Crippen LogP) is 0.0738. The molecule has 8 heteroatoms. The van der Waals surface area contributed by atoms with Gasteiger partial charge in [0.25, 0.3) is 0 Å². The minimum atomic E-state index is -0.293. The SMILES string of the molecule is NC(=O)CN1CCC(Nc2ncnc(Cl)c2N)CC1. The third-order valence-corrected chi connectivity index (χ3v) is 3.44. The maximum Gasteiger partial charge on any atom is 0.231 e. The van der Waals surface area contributed by atoms with E-state index in [1.807, 2.05) is 4.90 Å². The van der Waals surface area contributed by atoms with Crippen LogP contribution in [0.25, 0.3) is 0 Å². The van der Waals surface area contributed by atoms with Crippen LogP contribution in [-0.4, -0.2) is 46.5 Å². The first-order valence-electron chi connectivity index (χ1n) is 6.09. The molecule has 1 aliphatic rings. The van der Waals surface area contributed by atoms with E-state index in [9.17, 15) is 4.79 Å². The lowest BCUT2D eigenvalue weighted by Crippen LogP contribution is -2.43. The Balaban J connectivity index is 1.89. The van der Waals surface area contributed by atoms with Gasteiger partial charge in [0.2, 0.25) is 5.91 Å². The Bertz CT molecular complexity index is 460. The van der Waals surface area contributed by atoms with Crippen molar-refractivity contribution in [3.8, 4) is 0 Å². The van der Waals surface area contributed by atoms with Crippen LogP contribution >= 0.6 is 11.6 Å². The Kier molecular flexibility index (Phi) is 4.39. The second-order valence-electron chi connectivity index (χ2n) is 4.59. The monoisotopic (exact) mass is 284 g/mol. The Morgan fingerprint density at radius 1 is 1.47 bits per heavy atom. The van der Waals surface area contributed by atoms with Crippen molar-refractivity contribution in [3.05, 3.63) is 11.5 Å². The molecule has 1 saturated heterocycles. The molecule has 7 nitrogen and oxygen atoms in total. The number of likely N-dealkylation sites (tertiary alicyclic amines) is 1. The number of hydrogen-bond donors (Lipinski definition) is 3. The molecule has 1 aromatic heterocycles. The van der Waals surface area contributed by atoms with E-state index < -0.39 is 0 Å². The molecule has 2 rings (SSSR count). The van der Waals surface area contributed by atoms with Gasteiger partial charge in [-0.2, -0.15) is 0 Å². The standard InChI is InChI=1S/C11H17ClN6O/c12-10-9(14)11(16-6-15-10)17-7-1-3-18(4-2-7)5-8(13)19/h6-7H,1-5,14H2,(H2,13,19)(H,15,16,17). The molecule has 0 unspecified atom stereocenters. The Labute approximate surface area is 116 Å². The third-order valence-electron chi connectivity index (χ3n) is 3.14. The van der Waals surface area contributed by atoms with Crippen LogP contribution in [0.2, 0.25) is 5.15 Å². The van der Waals surface area contributed by atoms with Crippen molar-refractivity contribution in [1.82, 2.24) is 14.9 Å². The summed E-state index contributed by atoms with van der Waals surface area (Å²) in [5.41, 5.74) is 11.3. The summed E-state index contributed by atoms with van der Waals surface area (Å²) in [5, 5.41) is 3.51. The minimum absolute atomic E-state index is 0.253. The molecule has 1 aliphatic heterocycles. The van der Waals surface area contributed by atoms with E-state index in [0.29, 0.717) is 18.1 Å². The number of aromatic nitrogens is 2. The number of rotatable bonds is 4. The number of nitrogens with zero attached hydrogens (tertiary/aromatic N) is 3. The van der Waals surface area contributed by atoms with Crippen molar-refractivity contribution >= 4 is 29.0 Å². The number of anilines is 2. The lowest BCUT2D eigenvalue weighted by atomic mass is 10.1. The molecule has 0 aromatic carbocycles. The van der Waals surface area contributed by atoms with Crippen LogP contribution in [-0.2, 0) is 4.79 Å². The van der Waals surface area contributed by atoms with E-state index in [1.165, 1.54) is 6.33 Å². The molecule has 0 spiro atoms. The molecule has 1 fully saturated rings. The average Bonchev–Trinajstić information content (AvgIpc) is 2.37. The van der Waals surface area contributed by atoms with Crippen LogP contribution in [0.4, 0.5) is 11.5 Å². The van der Waals surface area contributed by atoms with Crippen LogP contribution < -0.4 is 16.8 Å². The molecule has 0 bridgehead atoms. The molecule has 0 saturated carbocycles. The number of primary amides is 1. The van der Waals surface area contributed by atoms with Crippen molar-refractivity contribution in [1.29, 1.82) is 0 Å². The van der Waals surface area contributed by atoms with Crippen molar-refractivity contribution in [2.75, 3.05) is 30.7 Å². The number of nitrogens with two attached hydrogens (primary N) is 2. The molecule has 2 heterocycles. The maximum atomic E-state index is 10.8. The number of amides is 1. The molecule has 0 atom stereocenters. The smallest absolute Gasteiger partial charge is 0.231 e.